The van der Waals surface area contributed by atoms with Crippen molar-refractivity contribution in [2.24, 2.45) is 10.9 Å². The van der Waals surface area contributed by atoms with E-state index in [0.29, 0.717) is 12.1 Å². The van der Waals surface area contributed by atoms with Gasteiger partial charge in [-0.15, -0.1) is 0 Å². The molecule has 2 aliphatic rings. The second-order valence-electron chi connectivity index (χ2n) is 6.85. The van der Waals surface area contributed by atoms with Crippen LogP contribution < -0.4 is 0 Å². The van der Waals surface area contributed by atoms with Gasteiger partial charge in [-0.05, 0) is 48.8 Å². The van der Waals surface area contributed by atoms with Gasteiger partial charge < -0.3 is 4.90 Å². The van der Waals surface area contributed by atoms with E-state index in [9.17, 15) is 0 Å². The molecular weight excluding hydrogens is 358 g/mol. The van der Waals surface area contributed by atoms with Crippen molar-refractivity contribution in [2.45, 2.75) is 80.6 Å². The maximum atomic E-state index is 6.55. The second kappa shape index (κ2) is 7.02. The summed E-state index contributed by atoms with van der Waals surface area (Å²) in [6.45, 7) is 4.61. The molecule has 0 bridgehead atoms. The maximum absolute atomic E-state index is 6.55. The maximum Gasteiger partial charge on any atom is 0.0990 e. The number of hydrogen-bond donors (Lipinski definition) is 0. The lowest BCUT2D eigenvalue weighted by Crippen LogP contribution is -2.52. The number of fused-ring (bicyclic) bond motifs is 1. The summed E-state index contributed by atoms with van der Waals surface area (Å²) in [6.07, 6.45) is 10.0. The van der Waals surface area contributed by atoms with E-state index in [2.05, 4.69) is 46.3 Å². The van der Waals surface area contributed by atoms with Crippen LogP contribution in [0.4, 0.5) is 0 Å². The van der Waals surface area contributed by atoms with Crippen LogP contribution >= 0.6 is 22.6 Å². The van der Waals surface area contributed by atoms with Gasteiger partial charge in [0.15, 0.2) is 0 Å². The predicted octanol–water partition coefficient (Wildman–Crippen LogP) is 4.16. The zero-order chi connectivity index (χ0) is 14.8. The molecule has 1 aliphatic heterocycles. The van der Waals surface area contributed by atoms with E-state index in [0.717, 1.165) is 12.3 Å². The van der Waals surface area contributed by atoms with Crippen molar-refractivity contribution in [3.05, 3.63) is 0 Å². The van der Waals surface area contributed by atoms with Crippen molar-refractivity contribution < 1.29 is 0 Å². The summed E-state index contributed by atoms with van der Waals surface area (Å²) >= 11 is 2.51. The number of nitrogens with zero attached hydrogens (tertiary/aromatic N) is 2. The van der Waals surface area contributed by atoms with Crippen molar-refractivity contribution in [1.29, 1.82) is 0 Å². The summed E-state index contributed by atoms with van der Waals surface area (Å²) in [5.41, 5.74) is 0. The number of hydrogen-bond acceptors (Lipinski definition) is 1. The van der Waals surface area contributed by atoms with Crippen LogP contribution in [0.25, 0.3) is 0 Å². The Morgan fingerprint density at radius 3 is 2.70 bits per heavy atom. The number of halogens is 1. The van der Waals surface area contributed by atoms with Crippen LogP contribution in [0.5, 0.6) is 0 Å². The SMILES string of the molecule is [B]C1(I)CCCCCC2C(CCC(=NC)N2C(C)C)C1. The number of aliphatic imine (C=N–C) groups is 1. The monoisotopic (exact) mass is 386 g/mol. The molecule has 1 saturated heterocycles. The van der Waals surface area contributed by atoms with Crippen molar-refractivity contribution in [3.8, 4) is 0 Å². The highest BCUT2D eigenvalue weighted by Gasteiger charge is 2.38. The quantitative estimate of drug-likeness (QED) is 0.376. The molecule has 0 aromatic rings. The lowest BCUT2D eigenvalue weighted by atomic mass is 9.72. The van der Waals surface area contributed by atoms with E-state index in [1.807, 2.05) is 7.05 Å². The van der Waals surface area contributed by atoms with Crippen molar-refractivity contribution in [3.63, 3.8) is 0 Å². The van der Waals surface area contributed by atoms with Crippen LogP contribution in [-0.4, -0.2) is 41.0 Å². The van der Waals surface area contributed by atoms with Crippen LogP contribution in [0.1, 0.15) is 65.2 Å². The van der Waals surface area contributed by atoms with Gasteiger partial charge in [0, 0.05) is 25.6 Å². The summed E-state index contributed by atoms with van der Waals surface area (Å²) in [6, 6.07) is 1.20. The molecule has 0 aromatic carbocycles. The molecule has 20 heavy (non-hydrogen) atoms. The molecule has 2 fully saturated rings. The Kier molecular flexibility index (Phi) is 5.84. The van der Waals surface area contributed by atoms with Gasteiger partial charge in [0.25, 0.3) is 0 Å². The Morgan fingerprint density at radius 2 is 2.05 bits per heavy atom. The van der Waals surface area contributed by atoms with Gasteiger partial charge in [0.05, 0.1) is 13.7 Å². The molecule has 2 nitrogen and oxygen atoms in total. The Bertz CT molecular complexity index is 354. The summed E-state index contributed by atoms with van der Waals surface area (Å²) in [4.78, 5) is 7.17. The molecule has 4 heteroatoms. The molecule has 3 atom stereocenters. The van der Waals surface area contributed by atoms with Gasteiger partial charge in [-0.2, -0.15) is 0 Å². The predicted molar refractivity (Wildman–Crippen MR) is 97.1 cm³/mol. The highest BCUT2D eigenvalue weighted by molar-refractivity contribution is 14.1. The molecule has 1 saturated carbocycles. The molecule has 1 aliphatic carbocycles. The first-order chi connectivity index (χ1) is 9.44. The standard InChI is InChI=1S/C16H28BIN2/c1-12(2)20-14-7-5-4-6-10-16(17,18)11-13(14)8-9-15(20)19-3/h12-14H,4-11H2,1-3H3. The zero-order valence-corrected chi connectivity index (χ0v) is 15.4. The van der Waals surface area contributed by atoms with Crippen molar-refractivity contribution >= 4 is 36.3 Å². The number of alkyl halides is 1. The molecular formula is C16H28BIN2. The van der Waals surface area contributed by atoms with Crippen LogP contribution in [0.15, 0.2) is 4.99 Å². The minimum Gasteiger partial charge on any atom is -0.355 e. The minimum absolute atomic E-state index is 0.00543. The average Bonchev–Trinajstić information content (AvgIpc) is 2.44. The molecule has 2 radical (unpaired) electrons. The summed E-state index contributed by atoms with van der Waals surface area (Å²) in [5, 5.41) is 0. The van der Waals surface area contributed by atoms with Crippen LogP contribution in [0.2, 0.25) is 0 Å². The first-order valence-corrected chi connectivity index (χ1v) is 9.24. The number of likely N-dealkylation sites (tertiary alicyclic amines) is 1. The van der Waals surface area contributed by atoms with Gasteiger partial charge in [0.1, 0.15) is 0 Å². The first-order valence-electron chi connectivity index (χ1n) is 8.16. The van der Waals surface area contributed by atoms with E-state index in [4.69, 9.17) is 7.85 Å². The van der Waals surface area contributed by atoms with E-state index in [1.165, 1.54) is 50.8 Å². The van der Waals surface area contributed by atoms with Crippen molar-refractivity contribution in [2.75, 3.05) is 7.05 Å². The number of rotatable bonds is 1. The van der Waals surface area contributed by atoms with Gasteiger partial charge in [-0.3, -0.25) is 4.99 Å². The Hall–Kier alpha value is 0.265. The van der Waals surface area contributed by atoms with E-state index >= 15 is 0 Å². The number of amidine groups is 1. The largest absolute Gasteiger partial charge is 0.355 e. The molecule has 112 valence electrons. The zero-order valence-electron chi connectivity index (χ0n) is 13.2. The van der Waals surface area contributed by atoms with Gasteiger partial charge in [0.2, 0.25) is 0 Å². The third-order valence-electron chi connectivity index (χ3n) is 4.95. The minimum atomic E-state index is -0.00543. The summed E-state index contributed by atoms with van der Waals surface area (Å²) in [7, 11) is 8.50. The molecule has 0 N–H and O–H groups in total. The average molecular weight is 386 g/mol. The highest BCUT2D eigenvalue weighted by atomic mass is 127. The molecule has 3 unspecified atom stereocenters. The molecule has 0 spiro atoms. The lowest BCUT2D eigenvalue weighted by Gasteiger charge is -2.47. The van der Waals surface area contributed by atoms with E-state index < -0.39 is 0 Å². The normalized spacial score (nSPS) is 38.2. The molecule has 0 aromatic heterocycles. The Balaban J connectivity index is 2.24. The topological polar surface area (TPSA) is 15.6 Å². The van der Waals surface area contributed by atoms with Crippen LogP contribution in [-0.2, 0) is 0 Å². The van der Waals surface area contributed by atoms with Gasteiger partial charge in [-0.1, -0.05) is 41.9 Å². The fraction of sp³-hybridized carbons (Fsp3) is 0.938. The molecule has 1 heterocycles. The van der Waals surface area contributed by atoms with Crippen LogP contribution in [0, 0.1) is 5.92 Å². The fourth-order valence-corrected chi connectivity index (χ4v) is 5.01. The second-order valence-corrected chi connectivity index (χ2v) is 8.99. The number of piperidine rings is 1. The summed E-state index contributed by atoms with van der Waals surface area (Å²) < 4.78 is -0.00543. The van der Waals surface area contributed by atoms with Gasteiger partial charge >= 0.3 is 0 Å². The van der Waals surface area contributed by atoms with Crippen molar-refractivity contribution in [1.82, 2.24) is 4.90 Å². The van der Waals surface area contributed by atoms with Crippen LogP contribution in [0.3, 0.4) is 0 Å². The fourth-order valence-electron chi connectivity index (χ4n) is 4.06. The highest BCUT2D eigenvalue weighted by Crippen LogP contribution is 2.40. The van der Waals surface area contributed by atoms with E-state index in [-0.39, 0.29) is 3.32 Å². The Morgan fingerprint density at radius 1 is 1.30 bits per heavy atom. The third-order valence-corrected chi connectivity index (χ3v) is 5.93. The smallest absolute Gasteiger partial charge is 0.0990 e. The molecule has 2 rings (SSSR count). The summed E-state index contributed by atoms with van der Waals surface area (Å²) in [5.74, 6) is 2.06. The lowest BCUT2D eigenvalue weighted by molar-refractivity contribution is 0.140. The Labute approximate surface area is 139 Å². The van der Waals surface area contributed by atoms with E-state index in [1.54, 1.807) is 0 Å². The van der Waals surface area contributed by atoms with Gasteiger partial charge in [-0.25, -0.2) is 0 Å². The first kappa shape index (κ1) is 16.6. The molecule has 0 amide bonds. The third kappa shape index (κ3) is 3.92.